The van der Waals surface area contributed by atoms with Crippen molar-refractivity contribution in [2.45, 2.75) is 19.6 Å². The SMILES string of the molecule is CC(=O)N1CCN(c2cccc(NS(=O)(=O)Cc3cccc(C)c3)c2)CC1. The van der Waals surface area contributed by atoms with Gasteiger partial charge in [0, 0.05) is 38.8 Å². The molecule has 1 heterocycles. The van der Waals surface area contributed by atoms with E-state index in [9.17, 15) is 13.2 Å². The third-order valence-corrected chi connectivity index (χ3v) is 5.91. The maximum absolute atomic E-state index is 12.5. The van der Waals surface area contributed by atoms with Crippen LogP contribution in [-0.4, -0.2) is 45.4 Å². The molecule has 0 unspecified atom stereocenters. The van der Waals surface area contributed by atoms with Gasteiger partial charge in [0.15, 0.2) is 0 Å². The van der Waals surface area contributed by atoms with Crippen molar-refractivity contribution in [1.82, 2.24) is 4.90 Å². The summed E-state index contributed by atoms with van der Waals surface area (Å²) in [6, 6.07) is 14.9. The van der Waals surface area contributed by atoms with Crippen molar-refractivity contribution in [3.63, 3.8) is 0 Å². The topological polar surface area (TPSA) is 69.7 Å². The van der Waals surface area contributed by atoms with Gasteiger partial charge in [-0.3, -0.25) is 9.52 Å². The van der Waals surface area contributed by atoms with E-state index in [0.717, 1.165) is 29.9 Å². The highest BCUT2D eigenvalue weighted by atomic mass is 32.2. The Morgan fingerprint density at radius 2 is 1.74 bits per heavy atom. The number of piperazine rings is 1. The normalized spacial score (nSPS) is 14.9. The number of amides is 1. The molecule has 1 fully saturated rings. The Hall–Kier alpha value is -2.54. The predicted molar refractivity (Wildman–Crippen MR) is 108 cm³/mol. The number of rotatable bonds is 5. The Labute approximate surface area is 160 Å². The van der Waals surface area contributed by atoms with Crippen LogP contribution in [0.4, 0.5) is 11.4 Å². The standard InChI is InChI=1S/C20H25N3O3S/c1-16-5-3-6-18(13-16)15-27(25,26)21-19-7-4-8-20(14-19)23-11-9-22(10-12-23)17(2)24/h3-8,13-14,21H,9-12,15H2,1-2H3. The number of carbonyl (C=O) groups excluding carboxylic acids is 1. The van der Waals surface area contributed by atoms with E-state index in [4.69, 9.17) is 0 Å². The molecule has 0 saturated carbocycles. The summed E-state index contributed by atoms with van der Waals surface area (Å²) >= 11 is 0. The molecule has 0 radical (unpaired) electrons. The number of hydrogen-bond acceptors (Lipinski definition) is 4. The number of benzene rings is 2. The molecule has 2 aromatic rings. The minimum atomic E-state index is -3.49. The van der Waals surface area contributed by atoms with Crippen LogP contribution in [0.2, 0.25) is 0 Å². The third-order valence-electron chi connectivity index (χ3n) is 4.65. The van der Waals surface area contributed by atoms with Crippen LogP contribution in [-0.2, 0) is 20.6 Å². The molecule has 1 saturated heterocycles. The van der Waals surface area contributed by atoms with E-state index < -0.39 is 10.0 Å². The zero-order chi connectivity index (χ0) is 19.4. The Morgan fingerprint density at radius 3 is 2.41 bits per heavy atom. The first-order chi connectivity index (χ1) is 12.8. The minimum absolute atomic E-state index is 0.0593. The summed E-state index contributed by atoms with van der Waals surface area (Å²) in [7, 11) is -3.49. The number of nitrogens with one attached hydrogen (secondary N) is 1. The van der Waals surface area contributed by atoms with Gasteiger partial charge < -0.3 is 9.80 Å². The van der Waals surface area contributed by atoms with Gasteiger partial charge in [0.25, 0.3) is 0 Å². The summed E-state index contributed by atoms with van der Waals surface area (Å²) < 4.78 is 27.7. The van der Waals surface area contributed by atoms with Gasteiger partial charge in [-0.25, -0.2) is 8.42 Å². The van der Waals surface area contributed by atoms with Crippen molar-refractivity contribution >= 4 is 27.3 Å². The lowest BCUT2D eigenvalue weighted by atomic mass is 10.2. The van der Waals surface area contributed by atoms with Crippen LogP contribution in [0.5, 0.6) is 0 Å². The van der Waals surface area contributed by atoms with E-state index >= 15 is 0 Å². The maximum atomic E-state index is 12.5. The van der Waals surface area contributed by atoms with E-state index in [1.807, 2.05) is 54.3 Å². The largest absolute Gasteiger partial charge is 0.368 e. The van der Waals surface area contributed by atoms with E-state index in [2.05, 4.69) is 9.62 Å². The fraction of sp³-hybridized carbons (Fsp3) is 0.350. The predicted octanol–water partition coefficient (Wildman–Crippen LogP) is 2.61. The number of sulfonamides is 1. The first-order valence-electron chi connectivity index (χ1n) is 8.99. The van der Waals surface area contributed by atoms with Crippen LogP contribution < -0.4 is 9.62 Å². The lowest BCUT2D eigenvalue weighted by molar-refractivity contribution is -0.129. The van der Waals surface area contributed by atoms with Gasteiger partial charge in [-0.2, -0.15) is 0 Å². The summed E-state index contributed by atoms with van der Waals surface area (Å²) in [4.78, 5) is 15.4. The average Bonchev–Trinajstić information content (AvgIpc) is 2.61. The molecule has 0 aliphatic carbocycles. The molecule has 0 aromatic heterocycles. The summed E-state index contributed by atoms with van der Waals surface area (Å²) in [5.41, 5.74) is 3.30. The molecule has 2 aromatic carbocycles. The molecule has 27 heavy (non-hydrogen) atoms. The van der Waals surface area contributed by atoms with Crippen molar-refractivity contribution in [3.05, 3.63) is 59.7 Å². The van der Waals surface area contributed by atoms with Crippen LogP contribution in [0.3, 0.4) is 0 Å². The highest BCUT2D eigenvalue weighted by Crippen LogP contribution is 2.22. The molecule has 3 rings (SSSR count). The highest BCUT2D eigenvalue weighted by Gasteiger charge is 2.19. The number of nitrogens with zero attached hydrogens (tertiary/aromatic N) is 2. The molecule has 144 valence electrons. The molecule has 7 heteroatoms. The molecule has 0 atom stereocenters. The van der Waals surface area contributed by atoms with Gasteiger partial charge in [0.05, 0.1) is 11.4 Å². The first-order valence-corrected chi connectivity index (χ1v) is 10.6. The number of aryl methyl sites for hydroxylation is 1. The van der Waals surface area contributed by atoms with E-state index in [1.54, 1.807) is 13.0 Å². The second kappa shape index (κ2) is 8.00. The molecule has 1 aliphatic rings. The molecule has 6 nitrogen and oxygen atoms in total. The number of carbonyl (C=O) groups is 1. The summed E-state index contributed by atoms with van der Waals surface area (Å²) in [5, 5.41) is 0. The van der Waals surface area contributed by atoms with Gasteiger partial charge in [0.1, 0.15) is 0 Å². The van der Waals surface area contributed by atoms with Crippen LogP contribution in [0.15, 0.2) is 48.5 Å². The van der Waals surface area contributed by atoms with E-state index in [0.29, 0.717) is 18.8 Å². The van der Waals surface area contributed by atoms with E-state index in [1.165, 1.54) is 0 Å². The van der Waals surface area contributed by atoms with Crippen LogP contribution in [0.1, 0.15) is 18.1 Å². The summed E-state index contributed by atoms with van der Waals surface area (Å²) in [6.45, 7) is 6.35. The fourth-order valence-electron chi connectivity index (χ4n) is 3.28. The second-order valence-electron chi connectivity index (χ2n) is 6.89. The summed E-state index contributed by atoms with van der Waals surface area (Å²) in [5.74, 6) is 0.0308. The molecule has 1 amide bonds. The van der Waals surface area contributed by atoms with Crippen LogP contribution in [0, 0.1) is 6.92 Å². The van der Waals surface area contributed by atoms with Gasteiger partial charge in [-0.15, -0.1) is 0 Å². The van der Waals surface area contributed by atoms with Crippen molar-refractivity contribution in [3.8, 4) is 0 Å². The molecule has 0 bridgehead atoms. The lowest BCUT2D eigenvalue weighted by Crippen LogP contribution is -2.48. The monoisotopic (exact) mass is 387 g/mol. The lowest BCUT2D eigenvalue weighted by Gasteiger charge is -2.35. The Morgan fingerprint density at radius 1 is 1.04 bits per heavy atom. The van der Waals surface area contributed by atoms with Gasteiger partial charge in [0.2, 0.25) is 15.9 Å². The van der Waals surface area contributed by atoms with Gasteiger partial charge >= 0.3 is 0 Å². The quantitative estimate of drug-likeness (QED) is 0.856. The number of anilines is 2. The smallest absolute Gasteiger partial charge is 0.236 e. The second-order valence-corrected chi connectivity index (χ2v) is 8.62. The molecule has 1 aliphatic heterocycles. The Balaban J connectivity index is 1.67. The van der Waals surface area contributed by atoms with E-state index in [-0.39, 0.29) is 11.7 Å². The van der Waals surface area contributed by atoms with Crippen molar-refractivity contribution < 1.29 is 13.2 Å². The van der Waals surface area contributed by atoms with Crippen LogP contribution in [0.25, 0.3) is 0 Å². The Kier molecular flexibility index (Phi) is 5.70. The fourth-order valence-corrected chi connectivity index (χ4v) is 4.46. The molecular formula is C20H25N3O3S. The van der Waals surface area contributed by atoms with Gasteiger partial charge in [-0.1, -0.05) is 35.9 Å². The molecule has 1 N–H and O–H groups in total. The Bertz CT molecular complexity index is 920. The zero-order valence-electron chi connectivity index (χ0n) is 15.7. The van der Waals surface area contributed by atoms with Crippen LogP contribution >= 0.6 is 0 Å². The van der Waals surface area contributed by atoms with Crippen molar-refractivity contribution in [2.24, 2.45) is 0 Å². The highest BCUT2D eigenvalue weighted by molar-refractivity contribution is 7.91. The van der Waals surface area contributed by atoms with Crippen molar-refractivity contribution in [2.75, 3.05) is 35.8 Å². The third kappa shape index (κ3) is 5.23. The zero-order valence-corrected chi connectivity index (χ0v) is 16.5. The first kappa shape index (κ1) is 19.2. The van der Waals surface area contributed by atoms with Crippen molar-refractivity contribution in [1.29, 1.82) is 0 Å². The molecule has 0 spiro atoms. The average molecular weight is 388 g/mol. The molecular weight excluding hydrogens is 362 g/mol. The minimum Gasteiger partial charge on any atom is -0.368 e. The maximum Gasteiger partial charge on any atom is 0.236 e. The summed E-state index contributed by atoms with van der Waals surface area (Å²) in [6.07, 6.45) is 0. The van der Waals surface area contributed by atoms with Gasteiger partial charge in [-0.05, 0) is 30.7 Å². The number of hydrogen-bond donors (Lipinski definition) is 1.